The van der Waals surface area contributed by atoms with Crippen LogP contribution in [0.5, 0.6) is 5.75 Å². The fourth-order valence-corrected chi connectivity index (χ4v) is 4.27. The number of halogens is 3. The molecule has 10 heteroatoms. The Kier molecular flexibility index (Phi) is 6.63. The van der Waals surface area contributed by atoms with Gasteiger partial charge in [-0.1, -0.05) is 24.3 Å². The number of hydrogen-bond acceptors (Lipinski definition) is 5. The minimum Gasteiger partial charge on any atom is -0.494 e. The van der Waals surface area contributed by atoms with Crippen LogP contribution in [0.15, 0.2) is 71.9 Å². The van der Waals surface area contributed by atoms with Gasteiger partial charge in [0.05, 0.1) is 36.4 Å². The van der Waals surface area contributed by atoms with Gasteiger partial charge in [0.2, 0.25) is 10.0 Å². The predicted molar refractivity (Wildman–Crippen MR) is 108 cm³/mol. The lowest BCUT2D eigenvalue weighted by Gasteiger charge is -2.19. The molecule has 0 aliphatic rings. The molecule has 0 aliphatic heterocycles. The average Bonchev–Trinajstić information content (AvgIpc) is 2.77. The van der Waals surface area contributed by atoms with Gasteiger partial charge in [0, 0.05) is 11.8 Å². The topological polar surface area (TPSA) is 88.5 Å². The Morgan fingerprint density at radius 1 is 1.13 bits per heavy atom. The van der Waals surface area contributed by atoms with Crippen LogP contribution < -0.4 is 9.46 Å². The molecule has 0 amide bonds. The van der Waals surface area contributed by atoms with Crippen molar-refractivity contribution in [3.8, 4) is 16.9 Å². The smallest absolute Gasteiger partial charge is 0.416 e. The number of nitrogens with one attached hydrogen (secondary N) is 1. The number of nitrogens with zero attached hydrogens (tertiary/aromatic N) is 1. The molecule has 3 rings (SSSR count). The SMILES string of the molecule is COc1cnccc1-c1cccc(C(CO)NS(=O)(=O)c2cccc(C(F)(F)F)c2)c1. The summed E-state index contributed by atoms with van der Waals surface area (Å²) in [6, 6.07) is 10.8. The number of sulfonamides is 1. The molecule has 1 aromatic heterocycles. The fraction of sp³-hybridized carbons (Fsp3) is 0.190. The van der Waals surface area contributed by atoms with Gasteiger partial charge in [-0.05, 0) is 41.5 Å². The van der Waals surface area contributed by atoms with Gasteiger partial charge in [-0.3, -0.25) is 4.98 Å². The van der Waals surface area contributed by atoms with Crippen LogP contribution in [0, 0.1) is 0 Å². The molecule has 6 nitrogen and oxygen atoms in total. The standard InChI is InChI=1S/C21H19F3N2O4S/c1-30-20-12-25-9-8-18(20)14-4-2-5-15(10-14)19(13-27)26-31(28,29)17-7-3-6-16(11-17)21(22,23)24/h2-12,19,26-27H,13H2,1H3. The Morgan fingerprint density at radius 3 is 2.55 bits per heavy atom. The molecular weight excluding hydrogens is 433 g/mol. The summed E-state index contributed by atoms with van der Waals surface area (Å²) in [5, 5.41) is 9.79. The van der Waals surface area contributed by atoms with Crippen LogP contribution in [-0.2, 0) is 16.2 Å². The normalized spacial score (nSPS) is 13.1. The van der Waals surface area contributed by atoms with Crippen LogP contribution in [0.4, 0.5) is 13.2 Å². The molecule has 0 saturated heterocycles. The largest absolute Gasteiger partial charge is 0.494 e. The van der Waals surface area contributed by atoms with Gasteiger partial charge in [0.15, 0.2) is 0 Å². The van der Waals surface area contributed by atoms with Gasteiger partial charge in [0.25, 0.3) is 0 Å². The third-order valence-corrected chi connectivity index (χ3v) is 6.03. The third kappa shape index (κ3) is 5.22. The second-order valence-corrected chi connectivity index (χ2v) is 8.30. The molecule has 164 valence electrons. The lowest BCUT2D eigenvalue weighted by Crippen LogP contribution is -2.31. The van der Waals surface area contributed by atoms with Gasteiger partial charge in [-0.2, -0.15) is 13.2 Å². The maximum absolute atomic E-state index is 12.9. The van der Waals surface area contributed by atoms with E-state index in [-0.39, 0.29) is 0 Å². The van der Waals surface area contributed by atoms with Crippen molar-refractivity contribution in [1.29, 1.82) is 0 Å². The van der Waals surface area contributed by atoms with Crippen molar-refractivity contribution >= 4 is 10.0 Å². The van der Waals surface area contributed by atoms with Crippen molar-refractivity contribution in [3.63, 3.8) is 0 Å². The number of pyridine rings is 1. The number of aliphatic hydroxyl groups is 1. The highest BCUT2D eigenvalue weighted by Crippen LogP contribution is 2.32. The summed E-state index contributed by atoms with van der Waals surface area (Å²) < 4.78 is 71.8. The molecule has 3 aromatic rings. The van der Waals surface area contributed by atoms with E-state index >= 15 is 0 Å². The zero-order valence-electron chi connectivity index (χ0n) is 16.3. The Bertz CT molecular complexity index is 1170. The van der Waals surface area contributed by atoms with Crippen molar-refractivity contribution in [3.05, 3.63) is 78.1 Å². The first-order chi connectivity index (χ1) is 14.7. The van der Waals surface area contributed by atoms with Crippen molar-refractivity contribution in [1.82, 2.24) is 9.71 Å². The van der Waals surface area contributed by atoms with E-state index in [1.807, 2.05) is 0 Å². The highest BCUT2D eigenvalue weighted by molar-refractivity contribution is 7.89. The zero-order valence-corrected chi connectivity index (χ0v) is 17.1. The molecule has 1 unspecified atom stereocenters. The third-order valence-electron chi connectivity index (χ3n) is 4.56. The number of aromatic nitrogens is 1. The number of hydrogen-bond donors (Lipinski definition) is 2. The summed E-state index contributed by atoms with van der Waals surface area (Å²) in [6.07, 6.45) is -1.58. The van der Waals surface area contributed by atoms with Crippen LogP contribution in [0.2, 0.25) is 0 Å². The molecule has 0 fully saturated rings. The summed E-state index contributed by atoms with van der Waals surface area (Å²) in [4.78, 5) is 3.44. The molecule has 31 heavy (non-hydrogen) atoms. The summed E-state index contributed by atoms with van der Waals surface area (Å²) in [6.45, 7) is -0.602. The van der Waals surface area contributed by atoms with Gasteiger partial charge < -0.3 is 9.84 Å². The number of benzene rings is 2. The number of rotatable bonds is 7. The number of methoxy groups -OCH3 is 1. The summed E-state index contributed by atoms with van der Waals surface area (Å²) in [5.41, 5.74) is 0.738. The lowest BCUT2D eigenvalue weighted by atomic mass is 10.0. The van der Waals surface area contributed by atoms with Crippen molar-refractivity contribution < 1.29 is 31.4 Å². The molecule has 0 radical (unpaired) electrons. The molecule has 0 bridgehead atoms. The lowest BCUT2D eigenvalue weighted by molar-refractivity contribution is -0.137. The van der Waals surface area contributed by atoms with Crippen LogP contribution >= 0.6 is 0 Å². The molecular formula is C21H19F3N2O4S. The maximum atomic E-state index is 12.9. The van der Waals surface area contributed by atoms with Crippen LogP contribution in [0.1, 0.15) is 17.2 Å². The number of aliphatic hydroxyl groups excluding tert-OH is 1. The molecule has 0 saturated carbocycles. The van der Waals surface area contributed by atoms with Crippen LogP contribution in [0.25, 0.3) is 11.1 Å². The van der Waals surface area contributed by atoms with Crippen LogP contribution in [0.3, 0.4) is 0 Å². The Balaban J connectivity index is 1.93. The van der Waals surface area contributed by atoms with Gasteiger partial charge in [-0.25, -0.2) is 13.1 Å². The minimum atomic E-state index is -4.68. The second kappa shape index (κ2) is 9.04. The maximum Gasteiger partial charge on any atom is 0.416 e. The van der Waals surface area contributed by atoms with E-state index in [1.54, 1.807) is 36.5 Å². The van der Waals surface area contributed by atoms with Crippen molar-refractivity contribution in [2.24, 2.45) is 0 Å². The molecule has 0 aliphatic carbocycles. The van der Waals surface area contributed by atoms with E-state index < -0.39 is 39.3 Å². The molecule has 1 heterocycles. The van der Waals surface area contributed by atoms with E-state index in [4.69, 9.17) is 4.74 Å². The van der Waals surface area contributed by atoms with Gasteiger partial charge in [-0.15, -0.1) is 0 Å². The number of alkyl halides is 3. The average molecular weight is 452 g/mol. The van der Waals surface area contributed by atoms with E-state index in [0.717, 1.165) is 18.2 Å². The Morgan fingerprint density at radius 2 is 1.87 bits per heavy atom. The Hall–Kier alpha value is -2.95. The predicted octanol–water partition coefficient (Wildman–Crippen LogP) is 3.79. The van der Waals surface area contributed by atoms with E-state index in [2.05, 4.69) is 9.71 Å². The van der Waals surface area contributed by atoms with Gasteiger partial charge in [0.1, 0.15) is 5.75 Å². The second-order valence-electron chi connectivity index (χ2n) is 6.58. The highest BCUT2D eigenvalue weighted by Gasteiger charge is 2.32. The number of ether oxygens (including phenoxy) is 1. The summed E-state index contributed by atoms with van der Waals surface area (Å²) in [7, 11) is -2.85. The van der Waals surface area contributed by atoms with E-state index in [0.29, 0.717) is 28.5 Å². The monoisotopic (exact) mass is 452 g/mol. The van der Waals surface area contributed by atoms with Gasteiger partial charge >= 0.3 is 6.18 Å². The zero-order chi connectivity index (χ0) is 22.6. The first-order valence-corrected chi connectivity index (χ1v) is 10.5. The summed E-state index contributed by atoms with van der Waals surface area (Å²) >= 11 is 0. The molecule has 1 atom stereocenters. The first-order valence-electron chi connectivity index (χ1n) is 9.04. The molecule has 2 N–H and O–H groups in total. The van der Waals surface area contributed by atoms with E-state index in [9.17, 15) is 26.7 Å². The van der Waals surface area contributed by atoms with Crippen molar-refractivity contribution in [2.45, 2.75) is 17.1 Å². The summed E-state index contributed by atoms with van der Waals surface area (Å²) in [5.74, 6) is 0.504. The molecule has 0 spiro atoms. The highest BCUT2D eigenvalue weighted by atomic mass is 32.2. The van der Waals surface area contributed by atoms with Crippen molar-refractivity contribution in [2.75, 3.05) is 13.7 Å². The molecule has 2 aromatic carbocycles. The quantitative estimate of drug-likeness (QED) is 0.570. The van der Waals surface area contributed by atoms with E-state index in [1.165, 1.54) is 13.3 Å². The first kappa shape index (κ1) is 22.7. The Labute approximate surface area is 177 Å². The minimum absolute atomic E-state index is 0.425. The fourth-order valence-electron chi connectivity index (χ4n) is 3.01. The van der Waals surface area contributed by atoms with Crippen LogP contribution in [-0.4, -0.2) is 32.2 Å².